The van der Waals surface area contributed by atoms with Crippen molar-refractivity contribution >= 4 is 34.6 Å². The van der Waals surface area contributed by atoms with E-state index in [2.05, 4.69) is 16.0 Å². The Morgan fingerprint density at radius 3 is 2.17 bits per heavy atom. The van der Waals surface area contributed by atoms with Crippen molar-refractivity contribution in [3.63, 3.8) is 0 Å². The molecule has 124 valence electrons. The Kier molecular flexibility index (Phi) is 5.45. The third kappa shape index (κ3) is 4.80. The minimum atomic E-state index is -0.513. The van der Waals surface area contributed by atoms with Crippen LogP contribution in [0.4, 0.5) is 22.7 Å². The van der Waals surface area contributed by atoms with E-state index >= 15 is 0 Å². The molecule has 0 saturated carbocycles. The lowest BCUT2D eigenvalue weighted by molar-refractivity contribution is -0.383. The lowest BCUT2D eigenvalue weighted by atomic mass is 10.2. The Balaban J connectivity index is 1.92. The number of para-hydroxylation sites is 2. The predicted molar refractivity (Wildman–Crippen MR) is 91.0 cm³/mol. The molecule has 2 aromatic carbocycles. The molecular formula is C16H16N4O4. The van der Waals surface area contributed by atoms with Crippen LogP contribution in [0, 0.1) is 10.1 Å². The van der Waals surface area contributed by atoms with Crippen LogP contribution in [0.2, 0.25) is 0 Å². The molecule has 0 bridgehead atoms. The van der Waals surface area contributed by atoms with Crippen molar-refractivity contribution in [2.45, 2.75) is 6.92 Å². The summed E-state index contributed by atoms with van der Waals surface area (Å²) in [4.78, 5) is 33.2. The van der Waals surface area contributed by atoms with E-state index in [0.29, 0.717) is 11.4 Å². The van der Waals surface area contributed by atoms with Crippen molar-refractivity contribution in [2.24, 2.45) is 0 Å². The number of carbonyl (C=O) groups excluding carboxylic acids is 2. The monoisotopic (exact) mass is 328 g/mol. The fourth-order valence-electron chi connectivity index (χ4n) is 2.00. The molecule has 0 aliphatic carbocycles. The molecule has 8 nitrogen and oxygen atoms in total. The molecule has 0 fully saturated rings. The number of amides is 2. The molecule has 0 radical (unpaired) electrons. The zero-order valence-corrected chi connectivity index (χ0v) is 12.9. The Morgan fingerprint density at radius 1 is 1.00 bits per heavy atom. The summed E-state index contributed by atoms with van der Waals surface area (Å²) in [6.07, 6.45) is 0. The van der Waals surface area contributed by atoms with Crippen molar-refractivity contribution in [2.75, 3.05) is 22.5 Å². The van der Waals surface area contributed by atoms with Crippen LogP contribution >= 0.6 is 0 Å². The number of nitrogens with one attached hydrogen (secondary N) is 3. The van der Waals surface area contributed by atoms with Crippen molar-refractivity contribution in [1.82, 2.24) is 0 Å². The van der Waals surface area contributed by atoms with Crippen LogP contribution in [0.15, 0.2) is 48.5 Å². The van der Waals surface area contributed by atoms with E-state index in [1.807, 2.05) is 0 Å². The lowest BCUT2D eigenvalue weighted by Gasteiger charge is -2.09. The molecule has 24 heavy (non-hydrogen) atoms. The molecule has 0 atom stereocenters. The van der Waals surface area contributed by atoms with Crippen LogP contribution in [-0.4, -0.2) is 23.3 Å². The Labute approximate surface area is 138 Å². The largest absolute Gasteiger partial charge is 0.371 e. The second-order valence-corrected chi connectivity index (χ2v) is 4.93. The van der Waals surface area contributed by atoms with Crippen LogP contribution in [0.1, 0.15) is 6.92 Å². The SMILES string of the molecule is CC(=O)Nc1ccc(NC(=O)CNc2ccccc2[N+](=O)[O-])cc1. The topological polar surface area (TPSA) is 113 Å². The number of anilines is 3. The minimum Gasteiger partial charge on any atom is -0.371 e. The maximum absolute atomic E-state index is 11.9. The molecule has 0 aliphatic heterocycles. The first-order valence-electron chi connectivity index (χ1n) is 7.10. The molecule has 3 N–H and O–H groups in total. The normalized spacial score (nSPS) is 9.88. The van der Waals surface area contributed by atoms with Gasteiger partial charge in [0.1, 0.15) is 5.69 Å². The van der Waals surface area contributed by atoms with Gasteiger partial charge in [0.15, 0.2) is 0 Å². The van der Waals surface area contributed by atoms with E-state index in [1.165, 1.54) is 19.1 Å². The standard InChI is InChI=1S/C16H16N4O4/c1-11(21)18-12-6-8-13(9-7-12)19-16(22)10-17-14-4-2-3-5-15(14)20(23)24/h2-9,17H,10H2,1H3,(H,18,21)(H,19,22). The maximum atomic E-state index is 11.9. The van der Waals surface area contributed by atoms with Crippen LogP contribution in [0.25, 0.3) is 0 Å². The van der Waals surface area contributed by atoms with Crippen LogP contribution in [-0.2, 0) is 9.59 Å². The highest BCUT2D eigenvalue weighted by Crippen LogP contribution is 2.22. The molecule has 0 aromatic heterocycles. The molecule has 0 unspecified atom stereocenters. The number of carbonyl (C=O) groups is 2. The highest BCUT2D eigenvalue weighted by Gasteiger charge is 2.13. The summed E-state index contributed by atoms with van der Waals surface area (Å²) in [7, 11) is 0. The van der Waals surface area contributed by atoms with Crippen LogP contribution in [0.3, 0.4) is 0 Å². The highest BCUT2D eigenvalue weighted by atomic mass is 16.6. The lowest BCUT2D eigenvalue weighted by Crippen LogP contribution is -2.22. The van der Waals surface area contributed by atoms with Gasteiger partial charge < -0.3 is 16.0 Å². The van der Waals surface area contributed by atoms with E-state index in [-0.39, 0.29) is 29.7 Å². The first-order chi connectivity index (χ1) is 11.5. The molecule has 0 heterocycles. The Bertz CT molecular complexity index is 759. The second-order valence-electron chi connectivity index (χ2n) is 4.93. The molecular weight excluding hydrogens is 312 g/mol. The van der Waals surface area contributed by atoms with E-state index in [1.54, 1.807) is 36.4 Å². The predicted octanol–water partition coefficient (Wildman–Crippen LogP) is 2.60. The van der Waals surface area contributed by atoms with E-state index in [0.717, 1.165) is 0 Å². The van der Waals surface area contributed by atoms with Gasteiger partial charge in [-0.3, -0.25) is 19.7 Å². The second kappa shape index (κ2) is 7.73. The Morgan fingerprint density at radius 2 is 1.58 bits per heavy atom. The molecule has 0 spiro atoms. The number of hydrogen-bond acceptors (Lipinski definition) is 5. The van der Waals surface area contributed by atoms with Gasteiger partial charge in [-0.1, -0.05) is 12.1 Å². The number of benzene rings is 2. The van der Waals surface area contributed by atoms with Crippen molar-refractivity contribution in [1.29, 1.82) is 0 Å². The first kappa shape index (κ1) is 16.9. The van der Waals surface area contributed by atoms with Crippen molar-refractivity contribution in [3.05, 3.63) is 58.6 Å². The fourth-order valence-corrected chi connectivity index (χ4v) is 2.00. The smallest absolute Gasteiger partial charge is 0.292 e. The van der Waals surface area contributed by atoms with Gasteiger partial charge in [-0.05, 0) is 30.3 Å². The zero-order valence-electron chi connectivity index (χ0n) is 12.9. The number of nitro benzene ring substituents is 1. The summed E-state index contributed by atoms with van der Waals surface area (Å²) >= 11 is 0. The van der Waals surface area contributed by atoms with Crippen molar-refractivity contribution in [3.8, 4) is 0 Å². The number of rotatable bonds is 6. The van der Waals surface area contributed by atoms with E-state index < -0.39 is 4.92 Å². The number of nitrogens with zero attached hydrogens (tertiary/aromatic N) is 1. The Hall–Kier alpha value is -3.42. The average Bonchev–Trinajstić information content (AvgIpc) is 2.54. The van der Waals surface area contributed by atoms with Gasteiger partial charge in [0.2, 0.25) is 11.8 Å². The molecule has 2 rings (SSSR count). The summed E-state index contributed by atoms with van der Waals surface area (Å²) < 4.78 is 0. The summed E-state index contributed by atoms with van der Waals surface area (Å²) in [5, 5.41) is 18.9. The summed E-state index contributed by atoms with van der Waals surface area (Å²) in [5.74, 6) is -0.527. The molecule has 2 aromatic rings. The zero-order chi connectivity index (χ0) is 17.5. The summed E-state index contributed by atoms with van der Waals surface area (Å²) in [5.41, 5.74) is 1.36. The van der Waals surface area contributed by atoms with Gasteiger partial charge in [-0.25, -0.2) is 0 Å². The van der Waals surface area contributed by atoms with Gasteiger partial charge in [-0.15, -0.1) is 0 Å². The first-order valence-corrected chi connectivity index (χ1v) is 7.10. The molecule has 0 aliphatic rings. The fraction of sp³-hybridized carbons (Fsp3) is 0.125. The highest BCUT2D eigenvalue weighted by molar-refractivity contribution is 5.94. The third-order valence-electron chi connectivity index (χ3n) is 3.03. The summed E-state index contributed by atoms with van der Waals surface area (Å²) in [6.45, 7) is 1.29. The molecule has 2 amide bonds. The minimum absolute atomic E-state index is 0.0926. The average molecular weight is 328 g/mol. The molecule has 8 heteroatoms. The van der Waals surface area contributed by atoms with Crippen LogP contribution in [0.5, 0.6) is 0 Å². The number of nitro groups is 1. The van der Waals surface area contributed by atoms with Gasteiger partial charge in [-0.2, -0.15) is 0 Å². The summed E-state index contributed by atoms with van der Waals surface area (Å²) in [6, 6.07) is 12.7. The maximum Gasteiger partial charge on any atom is 0.292 e. The third-order valence-corrected chi connectivity index (χ3v) is 3.03. The number of hydrogen-bond donors (Lipinski definition) is 3. The quantitative estimate of drug-likeness (QED) is 0.557. The van der Waals surface area contributed by atoms with Gasteiger partial charge in [0, 0.05) is 24.4 Å². The molecule has 0 saturated heterocycles. The van der Waals surface area contributed by atoms with E-state index in [4.69, 9.17) is 0 Å². The van der Waals surface area contributed by atoms with Gasteiger partial charge >= 0.3 is 0 Å². The van der Waals surface area contributed by atoms with E-state index in [9.17, 15) is 19.7 Å². The van der Waals surface area contributed by atoms with Gasteiger partial charge in [0.05, 0.1) is 11.5 Å². The van der Waals surface area contributed by atoms with Crippen molar-refractivity contribution < 1.29 is 14.5 Å². The van der Waals surface area contributed by atoms with Gasteiger partial charge in [0.25, 0.3) is 5.69 Å². The van der Waals surface area contributed by atoms with Crippen LogP contribution < -0.4 is 16.0 Å².